The average Bonchev–Trinajstić information content (AvgIpc) is 3.47. The molecule has 0 N–H and O–H groups in total. The molecule has 0 spiro atoms. The zero-order valence-corrected chi connectivity index (χ0v) is 14.7. The summed E-state index contributed by atoms with van der Waals surface area (Å²) in [6.45, 7) is 3.66. The lowest BCUT2D eigenvalue weighted by Crippen LogP contribution is -2.38. The highest BCUT2D eigenvalue weighted by Gasteiger charge is 2.34. The van der Waals surface area contributed by atoms with E-state index >= 15 is 0 Å². The van der Waals surface area contributed by atoms with Gasteiger partial charge in [-0.25, -0.2) is 0 Å². The summed E-state index contributed by atoms with van der Waals surface area (Å²) >= 11 is 0. The molecular weight excluding hydrogens is 316 g/mol. The maximum Gasteiger partial charge on any atom is 0.227 e. The van der Waals surface area contributed by atoms with E-state index in [4.69, 9.17) is 4.74 Å². The smallest absolute Gasteiger partial charge is 0.227 e. The Balaban J connectivity index is 1.35. The van der Waals surface area contributed by atoms with Gasteiger partial charge in [-0.2, -0.15) is 0 Å². The van der Waals surface area contributed by atoms with E-state index in [2.05, 4.69) is 6.07 Å². The van der Waals surface area contributed by atoms with Crippen LogP contribution < -0.4 is 4.74 Å². The molecule has 5 nitrogen and oxygen atoms in total. The third-order valence-electron chi connectivity index (χ3n) is 5.42. The largest absolute Gasteiger partial charge is 0.493 e. The van der Waals surface area contributed by atoms with Gasteiger partial charge in [0.05, 0.1) is 13.0 Å². The molecule has 3 aliphatic rings. The number of rotatable bonds is 3. The maximum absolute atomic E-state index is 12.7. The standard InChI is InChI=1S/C20H26N2O3/c23-19(14-15-4-7-18-17(13-15)3-1-12-25-18)21-8-2-9-22(11-10-21)20(24)16-5-6-16/h4,7,13,16H,1-3,5-6,8-12,14H2. The lowest BCUT2D eigenvalue weighted by molar-refractivity contribution is -0.134. The Kier molecular flexibility index (Phi) is 4.64. The zero-order valence-electron chi connectivity index (χ0n) is 14.7. The van der Waals surface area contributed by atoms with Gasteiger partial charge in [-0.15, -0.1) is 0 Å². The van der Waals surface area contributed by atoms with Crippen LogP contribution in [-0.2, 0) is 22.4 Å². The summed E-state index contributed by atoms with van der Waals surface area (Å²) in [6.07, 6.45) is 5.47. The molecule has 1 aromatic carbocycles. The second-order valence-electron chi connectivity index (χ2n) is 7.40. The number of nitrogens with zero attached hydrogens (tertiary/aromatic N) is 2. The quantitative estimate of drug-likeness (QED) is 0.844. The number of aryl methyl sites for hydroxylation is 1. The molecule has 1 aromatic rings. The normalized spacial score (nSPS) is 20.5. The Morgan fingerprint density at radius 2 is 1.84 bits per heavy atom. The van der Waals surface area contributed by atoms with Gasteiger partial charge < -0.3 is 14.5 Å². The number of benzene rings is 1. The van der Waals surface area contributed by atoms with Gasteiger partial charge in [0.1, 0.15) is 5.75 Å². The van der Waals surface area contributed by atoms with Crippen LogP contribution in [0.3, 0.4) is 0 Å². The van der Waals surface area contributed by atoms with Crippen molar-refractivity contribution in [1.82, 2.24) is 9.80 Å². The van der Waals surface area contributed by atoms with Crippen molar-refractivity contribution in [2.45, 2.75) is 38.5 Å². The van der Waals surface area contributed by atoms with E-state index in [1.807, 2.05) is 21.9 Å². The first-order valence-corrected chi connectivity index (χ1v) is 9.52. The number of fused-ring (bicyclic) bond motifs is 1. The maximum atomic E-state index is 12.7. The molecule has 25 heavy (non-hydrogen) atoms. The van der Waals surface area contributed by atoms with E-state index in [0.717, 1.165) is 63.1 Å². The molecule has 1 saturated carbocycles. The number of carbonyl (C=O) groups is 2. The van der Waals surface area contributed by atoms with Crippen LogP contribution in [0.4, 0.5) is 0 Å². The predicted octanol–water partition coefficient (Wildman–Crippen LogP) is 2.02. The van der Waals surface area contributed by atoms with E-state index in [1.165, 1.54) is 5.56 Å². The lowest BCUT2D eigenvalue weighted by Gasteiger charge is -2.23. The second kappa shape index (κ2) is 7.06. The van der Waals surface area contributed by atoms with Crippen molar-refractivity contribution < 1.29 is 14.3 Å². The van der Waals surface area contributed by atoms with Crippen LogP contribution in [-0.4, -0.2) is 54.4 Å². The van der Waals surface area contributed by atoms with E-state index in [9.17, 15) is 9.59 Å². The summed E-state index contributed by atoms with van der Waals surface area (Å²) in [4.78, 5) is 28.8. The van der Waals surface area contributed by atoms with Crippen LogP contribution in [0.5, 0.6) is 5.75 Å². The SMILES string of the molecule is O=C(Cc1ccc2c(c1)CCCO2)N1CCCN(C(=O)C2CC2)CC1. The molecule has 2 aliphatic heterocycles. The number of hydrogen-bond donors (Lipinski definition) is 0. The van der Waals surface area contributed by atoms with E-state index in [0.29, 0.717) is 25.4 Å². The molecule has 5 heteroatoms. The first-order chi connectivity index (χ1) is 12.2. The Morgan fingerprint density at radius 3 is 2.68 bits per heavy atom. The molecule has 1 saturated heterocycles. The molecule has 0 atom stereocenters. The third kappa shape index (κ3) is 3.80. The summed E-state index contributed by atoms with van der Waals surface area (Å²) in [5.41, 5.74) is 2.28. The molecule has 0 radical (unpaired) electrons. The van der Waals surface area contributed by atoms with Gasteiger partial charge in [0.15, 0.2) is 0 Å². The summed E-state index contributed by atoms with van der Waals surface area (Å²) in [5.74, 6) is 1.69. The van der Waals surface area contributed by atoms with Crippen molar-refractivity contribution in [3.63, 3.8) is 0 Å². The zero-order chi connectivity index (χ0) is 17.2. The third-order valence-corrected chi connectivity index (χ3v) is 5.42. The number of ether oxygens (including phenoxy) is 1. The highest BCUT2D eigenvalue weighted by molar-refractivity contribution is 5.81. The molecule has 0 aromatic heterocycles. The van der Waals surface area contributed by atoms with Crippen molar-refractivity contribution in [1.29, 1.82) is 0 Å². The average molecular weight is 342 g/mol. The van der Waals surface area contributed by atoms with Gasteiger partial charge in [0.25, 0.3) is 0 Å². The summed E-state index contributed by atoms with van der Waals surface area (Å²) in [6, 6.07) is 6.12. The fourth-order valence-corrected chi connectivity index (χ4v) is 3.79. The molecule has 0 bridgehead atoms. The fraction of sp³-hybridized carbons (Fsp3) is 0.600. The van der Waals surface area contributed by atoms with Crippen LogP contribution in [0, 0.1) is 5.92 Å². The van der Waals surface area contributed by atoms with Gasteiger partial charge in [-0.3, -0.25) is 9.59 Å². The Morgan fingerprint density at radius 1 is 1.04 bits per heavy atom. The molecule has 1 aliphatic carbocycles. The summed E-state index contributed by atoms with van der Waals surface area (Å²) in [7, 11) is 0. The number of hydrogen-bond acceptors (Lipinski definition) is 3. The molecule has 2 heterocycles. The fourth-order valence-electron chi connectivity index (χ4n) is 3.79. The molecule has 0 unspecified atom stereocenters. The first-order valence-electron chi connectivity index (χ1n) is 9.52. The van der Waals surface area contributed by atoms with Gasteiger partial charge in [0.2, 0.25) is 11.8 Å². The Hall–Kier alpha value is -2.04. The number of amides is 2. The molecule has 134 valence electrons. The monoisotopic (exact) mass is 342 g/mol. The topological polar surface area (TPSA) is 49.9 Å². The Bertz CT molecular complexity index is 669. The molecule has 4 rings (SSSR count). The second-order valence-corrected chi connectivity index (χ2v) is 7.40. The van der Waals surface area contributed by atoms with Gasteiger partial charge in [0, 0.05) is 32.1 Å². The van der Waals surface area contributed by atoms with Crippen molar-refractivity contribution >= 4 is 11.8 Å². The van der Waals surface area contributed by atoms with Crippen molar-refractivity contribution in [2.75, 3.05) is 32.8 Å². The predicted molar refractivity (Wildman–Crippen MR) is 94.5 cm³/mol. The van der Waals surface area contributed by atoms with Crippen LogP contribution in [0.25, 0.3) is 0 Å². The van der Waals surface area contributed by atoms with Crippen LogP contribution in [0.15, 0.2) is 18.2 Å². The van der Waals surface area contributed by atoms with Crippen molar-refractivity contribution in [2.24, 2.45) is 5.92 Å². The summed E-state index contributed by atoms with van der Waals surface area (Å²) < 4.78 is 5.64. The minimum Gasteiger partial charge on any atom is -0.493 e. The van der Waals surface area contributed by atoms with Crippen LogP contribution in [0.2, 0.25) is 0 Å². The first kappa shape index (κ1) is 16.4. The van der Waals surface area contributed by atoms with Gasteiger partial charge in [-0.1, -0.05) is 12.1 Å². The molecular formula is C20H26N2O3. The minimum absolute atomic E-state index is 0.164. The minimum atomic E-state index is 0.164. The highest BCUT2D eigenvalue weighted by atomic mass is 16.5. The molecule has 2 fully saturated rings. The van der Waals surface area contributed by atoms with Crippen LogP contribution >= 0.6 is 0 Å². The van der Waals surface area contributed by atoms with Gasteiger partial charge >= 0.3 is 0 Å². The lowest BCUT2D eigenvalue weighted by atomic mass is 10.0. The molecule has 2 amide bonds. The van der Waals surface area contributed by atoms with Crippen molar-refractivity contribution in [3.05, 3.63) is 29.3 Å². The van der Waals surface area contributed by atoms with Crippen molar-refractivity contribution in [3.8, 4) is 5.75 Å². The number of carbonyl (C=O) groups excluding carboxylic acids is 2. The van der Waals surface area contributed by atoms with E-state index in [1.54, 1.807) is 0 Å². The van der Waals surface area contributed by atoms with Crippen LogP contribution in [0.1, 0.15) is 36.8 Å². The summed E-state index contributed by atoms with van der Waals surface area (Å²) in [5, 5.41) is 0. The Labute approximate surface area is 148 Å². The van der Waals surface area contributed by atoms with E-state index in [-0.39, 0.29) is 11.8 Å². The van der Waals surface area contributed by atoms with Gasteiger partial charge in [-0.05, 0) is 49.3 Å². The highest BCUT2D eigenvalue weighted by Crippen LogP contribution is 2.31. The van der Waals surface area contributed by atoms with E-state index < -0.39 is 0 Å².